The molecule has 0 aromatic heterocycles. The number of hydrogen-bond acceptors (Lipinski definition) is 3. The molecule has 0 radical (unpaired) electrons. The highest BCUT2D eigenvalue weighted by Crippen LogP contribution is 2.29. The lowest BCUT2D eigenvalue weighted by molar-refractivity contribution is 0.00977. The van der Waals surface area contributed by atoms with Crippen LogP contribution >= 0.6 is 0 Å². The van der Waals surface area contributed by atoms with Crippen LogP contribution in [-0.2, 0) is 4.74 Å². The van der Waals surface area contributed by atoms with Crippen LogP contribution in [0.2, 0.25) is 0 Å². The highest BCUT2D eigenvalue weighted by atomic mass is 16.6. The number of likely N-dealkylation sites (tertiary alicyclic amines) is 1. The Balaban J connectivity index is 1.80. The Hall–Kier alpha value is -0.770. The van der Waals surface area contributed by atoms with Crippen molar-refractivity contribution >= 4 is 6.09 Å². The monoisotopic (exact) mass is 324 g/mol. The summed E-state index contributed by atoms with van der Waals surface area (Å²) < 4.78 is 5.58. The van der Waals surface area contributed by atoms with Crippen molar-refractivity contribution in [1.29, 1.82) is 0 Å². The Labute approximate surface area is 142 Å². The second-order valence-corrected chi connectivity index (χ2v) is 8.50. The van der Waals surface area contributed by atoms with Crippen LogP contribution in [0.4, 0.5) is 4.79 Å². The van der Waals surface area contributed by atoms with Crippen LogP contribution in [0.5, 0.6) is 0 Å². The molecule has 1 amide bonds. The van der Waals surface area contributed by atoms with Crippen LogP contribution in [0.25, 0.3) is 0 Å². The molecule has 2 rings (SSSR count). The maximum atomic E-state index is 12.4. The lowest BCUT2D eigenvalue weighted by Crippen LogP contribution is -2.50. The summed E-state index contributed by atoms with van der Waals surface area (Å²) in [5.41, 5.74) is -0.413. The number of carbonyl (C=O) groups is 1. The van der Waals surface area contributed by atoms with Gasteiger partial charge in [-0.1, -0.05) is 26.2 Å². The molecule has 0 spiro atoms. The molecule has 0 aromatic carbocycles. The molecule has 4 heteroatoms. The lowest BCUT2D eigenvalue weighted by atomic mass is 9.80. The zero-order valence-corrected chi connectivity index (χ0v) is 15.6. The van der Waals surface area contributed by atoms with Crippen molar-refractivity contribution < 1.29 is 9.53 Å². The molecule has 134 valence electrons. The molecular weight excluding hydrogens is 288 g/mol. The van der Waals surface area contributed by atoms with Gasteiger partial charge in [0.05, 0.1) is 0 Å². The first-order chi connectivity index (χ1) is 10.9. The minimum Gasteiger partial charge on any atom is -0.444 e. The van der Waals surface area contributed by atoms with E-state index in [-0.39, 0.29) is 12.1 Å². The third-order valence-corrected chi connectivity index (χ3v) is 5.33. The van der Waals surface area contributed by atoms with E-state index in [4.69, 9.17) is 4.74 Å². The first-order valence-corrected chi connectivity index (χ1v) is 9.57. The molecule has 4 nitrogen and oxygen atoms in total. The molecule has 1 aliphatic heterocycles. The predicted octanol–water partition coefficient (Wildman–Crippen LogP) is 4.19. The number of rotatable bonds is 4. The minimum atomic E-state index is -0.413. The highest BCUT2D eigenvalue weighted by molar-refractivity contribution is 5.68. The van der Waals surface area contributed by atoms with Gasteiger partial charge in [0.15, 0.2) is 0 Å². The Bertz CT molecular complexity index is 378. The van der Waals surface area contributed by atoms with Crippen LogP contribution < -0.4 is 5.32 Å². The molecule has 1 saturated heterocycles. The summed E-state index contributed by atoms with van der Waals surface area (Å²) in [4.78, 5) is 14.4. The number of piperidine rings is 1. The van der Waals surface area contributed by atoms with Crippen LogP contribution in [0.3, 0.4) is 0 Å². The molecule has 23 heavy (non-hydrogen) atoms. The number of nitrogens with zero attached hydrogens (tertiary/aromatic N) is 1. The molecular formula is C19H36N2O2. The lowest BCUT2D eigenvalue weighted by Gasteiger charge is -2.37. The van der Waals surface area contributed by atoms with Crippen molar-refractivity contribution in [3.05, 3.63) is 0 Å². The van der Waals surface area contributed by atoms with Gasteiger partial charge in [-0.25, -0.2) is 4.79 Å². The standard InChI is InChI=1S/C19H36N2O2/c1-15-9-5-6-10-16(15)13-20-14-17-11-7-8-12-21(17)18(22)23-19(2,3)4/h15-17,20H,5-14H2,1-4H3. The molecule has 1 aliphatic carbocycles. The summed E-state index contributed by atoms with van der Waals surface area (Å²) in [5.74, 6) is 1.65. The third-order valence-electron chi connectivity index (χ3n) is 5.33. The molecule has 0 bridgehead atoms. The molecule has 1 N–H and O–H groups in total. The van der Waals surface area contributed by atoms with E-state index < -0.39 is 5.60 Å². The Kier molecular flexibility index (Phi) is 6.75. The van der Waals surface area contributed by atoms with Crippen LogP contribution in [0.1, 0.15) is 72.6 Å². The van der Waals surface area contributed by atoms with E-state index in [9.17, 15) is 4.79 Å². The van der Waals surface area contributed by atoms with E-state index in [0.29, 0.717) is 0 Å². The van der Waals surface area contributed by atoms with Gasteiger partial charge in [-0.15, -0.1) is 0 Å². The second kappa shape index (κ2) is 8.36. The van der Waals surface area contributed by atoms with Crippen molar-refractivity contribution in [3.63, 3.8) is 0 Å². The van der Waals surface area contributed by atoms with Gasteiger partial charge in [-0.3, -0.25) is 0 Å². The fourth-order valence-corrected chi connectivity index (χ4v) is 3.91. The van der Waals surface area contributed by atoms with E-state index >= 15 is 0 Å². The Morgan fingerprint density at radius 3 is 2.48 bits per heavy atom. The zero-order chi connectivity index (χ0) is 16.9. The number of carbonyl (C=O) groups excluding carboxylic acids is 1. The van der Waals surface area contributed by atoms with Gasteiger partial charge in [-0.05, 0) is 64.8 Å². The second-order valence-electron chi connectivity index (χ2n) is 8.50. The van der Waals surface area contributed by atoms with E-state index in [1.54, 1.807) is 0 Å². The summed E-state index contributed by atoms with van der Waals surface area (Å²) in [6.07, 6.45) is 8.76. The number of ether oxygens (including phenoxy) is 1. The molecule has 2 aliphatic rings. The molecule has 1 heterocycles. The van der Waals surface area contributed by atoms with Crippen molar-refractivity contribution in [2.45, 2.75) is 84.3 Å². The van der Waals surface area contributed by atoms with E-state index in [2.05, 4.69) is 12.2 Å². The summed E-state index contributed by atoms with van der Waals surface area (Å²) in [5, 5.41) is 3.65. The van der Waals surface area contributed by atoms with Crippen molar-refractivity contribution in [3.8, 4) is 0 Å². The van der Waals surface area contributed by atoms with Gasteiger partial charge in [0.2, 0.25) is 0 Å². The minimum absolute atomic E-state index is 0.143. The Morgan fingerprint density at radius 1 is 1.09 bits per heavy atom. The maximum Gasteiger partial charge on any atom is 0.410 e. The van der Waals surface area contributed by atoms with Gasteiger partial charge in [-0.2, -0.15) is 0 Å². The van der Waals surface area contributed by atoms with Crippen molar-refractivity contribution in [2.24, 2.45) is 11.8 Å². The number of hydrogen-bond donors (Lipinski definition) is 1. The summed E-state index contributed by atoms with van der Waals surface area (Å²) in [6.45, 7) is 11.0. The van der Waals surface area contributed by atoms with Gasteiger partial charge in [0, 0.05) is 19.1 Å². The first-order valence-electron chi connectivity index (χ1n) is 9.57. The van der Waals surface area contributed by atoms with E-state index in [1.807, 2.05) is 25.7 Å². The topological polar surface area (TPSA) is 41.6 Å². The fourth-order valence-electron chi connectivity index (χ4n) is 3.91. The average Bonchev–Trinajstić information content (AvgIpc) is 2.48. The SMILES string of the molecule is CC1CCCCC1CNCC1CCCCN1C(=O)OC(C)(C)C. The maximum absolute atomic E-state index is 12.4. The Morgan fingerprint density at radius 2 is 1.78 bits per heavy atom. The van der Waals surface area contributed by atoms with Crippen molar-refractivity contribution in [1.82, 2.24) is 10.2 Å². The molecule has 2 fully saturated rings. The first kappa shape index (κ1) is 18.6. The summed E-state index contributed by atoms with van der Waals surface area (Å²) >= 11 is 0. The van der Waals surface area contributed by atoms with Gasteiger partial charge >= 0.3 is 6.09 Å². The number of amides is 1. The van der Waals surface area contributed by atoms with Crippen LogP contribution in [-0.4, -0.2) is 42.3 Å². The highest BCUT2D eigenvalue weighted by Gasteiger charge is 2.30. The molecule has 3 atom stereocenters. The van der Waals surface area contributed by atoms with Gasteiger partial charge < -0.3 is 15.0 Å². The quantitative estimate of drug-likeness (QED) is 0.843. The summed E-state index contributed by atoms with van der Waals surface area (Å²) in [7, 11) is 0. The van der Waals surface area contributed by atoms with E-state index in [0.717, 1.165) is 44.3 Å². The largest absolute Gasteiger partial charge is 0.444 e. The van der Waals surface area contributed by atoms with Crippen molar-refractivity contribution in [2.75, 3.05) is 19.6 Å². The molecule has 0 aromatic rings. The zero-order valence-electron chi connectivity index (χ0n) is 15.6. The number of nitrogens with one attached hydrogen (secondary N) is 1. The fraction of sp³-hybridized carbons (Fsp3) is 0.947. The normalized spacial score (nSPS) is 29.4. The average molecular weight is 325 g/mol. The third kappa shape index (κ3) is 5.98. The van der Waals surface area contributed by atoms with E-state index in [1.165, 1.54) is 32.1 Å². The smallest absolute Gasteiger partial charge is 0.410 e. The molecule has 1 saturated carbocycles. The summed E-state index contributed by atoms with van der Waals surface area (Å²) in [6, 6.07) is 0.289. The van der Waals surface area contributed by atoms with Crippen LogP contribution in [0.15, 0.2) is 0 Å². The van der Waals surface area contributed by atoms with Crippen LogP contribution in [0, 0.1) is 11.8 Å². The van der Waals surface area contributed by atoms with Gasteiger partial charge in [0.1, 0.15) is 5.60 Å². The molecule has 3 unspecified atom stereocenters. The predicted molar refractivity (Wildman–Crippen MR) is 94.6 cm³/mol. The van der Waals surface area contributed by atoms with Gasteiger partial charge in [0.25, 0.3) is 0 Å².